The van der Waals surface area contributed by atoms with E-state index in [1.165, 1.54) is 12.0 Å². The maximum Gasteiger partial charge on any atom is 0.130 e. The number of rotatable bonds is 6. The number of aromatic nitrogens is 2. The molecule has 0 saturated heterocycles. The highest BCUT2D eigenvalue weighted by atomic mass is 35.5. The SMILES string of the molecule is CNC(CCc1c(C)nn(C)c1Cl)CC(C)C. The minimum atomic E-state index is 0.561. The Balaban J connectivity index is 2.59. The second kappa shape index (κ2) is 6.41. The van der Waals surface area contributed by atoms with Crippen LogP contribution in [0.5, 0.6) is 0 Å². The molecule has 1 aromatic rings. The van der Waals surface area contributed by atoms with Gasteiger partial charge in [0.2, 0.25) is 0 Å². The van der Waals surface area contributed by atoms with E-state index in [1.54, 1.807) is 4.68 Å². The van der Waals surface area contributed by atoms with Gasteiger partial charge in [0, 0.05) is 18.7 Å². The molecule has 1 rings (SSSR count). The van der Waals surface area contributed by atoms with Gasteiger partial charge in [-0.15, -0.1) is 0 Å². The zero-order chi connectivity index (χ0) is 13.0. The molecule has 0 amide bonds. The minimum absolute atomic E-state index is 0.561. The Morgan fingerprint density at radius 2 is 2.06 bits per heavy atom. The lowest BCUT2D eigenvalue weighted by atomic mass is 9.98. The molecule has 0 saturated carbocycles. The van der Waals surface area contributed by atoms with Crippen LogP contribution in [0, 0.1) is 12.8 Å². The van der Waals surface area contributed by atoms with Gasteiger partial charge in [-0.3, -0.25) is 4.68 Å². The molecule has 0 aromatic carbocycles. The van der Waals surface area contributed by atoms with E-state index in [0.29, 0.717) is 6.04 Å². The molecule has 0 bridgehead atoms. The molecule has 3 nitrogen and oxygen atoms in total. The zero-order valence-corrected chi connectivity index (χ0v) is 12.3. The predicted octanol–water partition coefficient (Wildman–Crippen LogP) is 2.95. The first-order valence-corrected chi connectivity index (χ1v) is 6.68. The van der Waals surface area contributed by atoms with Crippen LogP contribution in [0.3, 0.4) is 0 Å². The van der Waals surface area contributed by atoms with Crippen LogP contribution < -0.4 is 5.32 Å². The first-order chi connectivity index (χ1) is 7.95. The molecule has 1 N–H and O–H groups in total. The second-order valence-electron chi connectivity index (χ2n) is 5.13. The van der Waals surface area contributed by atoms with E-state index in [2.05, 4.69) is 24.3 Å². The molecule has 0 spiro atoms. The summed E-state index contributed by atoms with van der Waals surface area (Å²) in [4.78, 5) is 0. The van der Waals surface area contributed by atoms with E-state index in [9.17, 15) is 0 Å². The van der Waals surface area contributed by atoms with E-state index in [0.717, 1.165) is 29.6 Å². The van der Waals surface area contributed by atoms with Crippen molar-refractivity contribution < 1.29 is 0 Å². The summed E-state index contributed by atoms with van der Waals surface area (Å²) >= 11 is 6.23. The van der Waals surface area contributed by atoms with Crippen LogP contribution in [0.2, 0.25) is 5.15 Å². The summed E-state index contributed by atoms with van der Waals surface area (Å²) in [5, 5.41) is 8.50. The van der Waals surface area contributed by atoms with E-state index in [4.69, 9.17) is 11.6 Å². The van der Waals surface area contributed by atoms with Gasteiger partial charge in [-0.1, -0.05) is 25.4 Å². The average molecular weight is 258 g/mol. The Kier molecular flexibility index (Phi) is 5.47. The monoisotopic (exact) mass is 257 g/mol. The summed E-state index contributed by atoms with van der Waals surface area (Å²) in [6, 6.07) is 0.561. The summed E-state index contributed by atoms with van der Waals surface area (Å²) in [6.45, 7) is 6.54. The van der Waals surface area contributed by atoms with E-state index in [1.807, 2.05) is 21.0 Å². The van der Waals surface area contributed by atoms with Gasteiger partial charge in [0.1, 0.15) is 5.15 Å². The number of nitrogens with zero attached hydrogens (tertiary/aromatic N) is 2. The number of hydrogen-bond acceptors (Lipinski definition) is 2. The molecule has 1 heterocycles. The van der Waals surface area contributed by atoms with Crippen molar-refractivity contribution in [1.29, 1.82) is 0 Å². The van der Waals surface area contributed by atoms with Gasteiger partial charge in [0.25, 0.3) is 0 Å². The third-order valence-corrected chi connectivity index (χ3v) is 3.65. The van der Waals surface area contributed by atoms with Gasteiger partial charge in [-0.2, -0.15) is 5.10 Å². The van der Waals surface area contributed by atoms with Gasteiger partial charge in [0.15, 0.2) is 0 Å². The van der Waals surface area contributed by atoms with Gasteiger partial charge < -0.3 is 5.32 Å². The number of nitrogens with one attached hydrogen (secondary N) is 1. The normalized spacial score (nSPS) is 13.4. The van der Waals surface area contributed by atoms with Gasteiger partial charge >= 0.3 is 0 Å². The highest BCUT2D eigenvalue weighted by Crippen LogP contribution is 2.21. The number of hydrogen-bond donors (Lipinski definition) is 1. The van der Waals surface area contributed by atoms with E-state index >= 15 is 0 Å². The average Bonchev–Trinajstić information content (AvgIpc) is 2.49. The van der Waals surface area contributed by atoms with Crippen LogP contribution in [-0.4, -0.2) is 22.9 Å². The molecule has 4 heteroatoms. The molecule has 1 unspecified atom stereocenters. The lowest BCUT2D eigenvalue weighted by molar-refractivity contribution is 0.421. The fourth-order valence-corrected chi connectivity index (χ4v) is 2.49. The molecule has 0 radical (unpaired) electrons. The molecule has 98 valence electrons. The lowest BCUT2D eigenvalue weighted by Crippen LogP contribution is -2.27. The topological polar surface area (TPSA) is 29.9 Å². The van der Waals surface area contributed by atoms with E-state index in [-0.39, 0.29) is 0 Å². The maximum atomic E-state index is 6.23. The zero-order valence-electron chi connectivity index (χ0n) is 11.5. The largest absolute Gasteiger partial charge is 0.317 e. The second-order valence-corrected chi connectivity index (χ2v) is 5.49. The standard InChI is InChI=1S/C13H24ClN3/c1-9(2)8-11(15-4)6-7-12-10(3)16-17(5)13(12)14/h9,11,15H,6-8H2,1-5H3. The molecule has 0 aliphatic heterocycles. The van der Waals surface area contributed by atoms with Crippen LogP contribution in [0.1, 0.15) is 37.9 Å². The number of aryl methyl sites for hydroxylation is 2. The van der Waals surface area contributed by atoms with Crippen molar-refractivity contribution in [3.8, 4) is 0 Å². The van der Waals surface area contributed by atoms with E-state index < -0.39 is 0 Å². The Hall–Kier alpha value is -0.540. The molecule has 0 aliphatic rings. The summed E-state index contributed by atoms with van der Waals surface area (Å²) in [5.41, 5.74) is 2.25. The maximum absolute atomic E-state index is 6.23. The van der Waals surface area contributed by atoms with Crippen molar-refractivity contribution in [1.82, 2.24) is 15.1 Å². The van der Waals surface area contributed by atoms with Crippen LogP contribution in [0.25, 0.3) is 0 Å². The molecule has 17 heavy (non-hydrogen) atoms. The summed E-state index contributed by atoms with van der Waals surface area (Å²) in [7, 11) is 3.92. The Labute approximate surface area is 110 Å². The Morgan fingerprint density at radius 3 is 2.47 bits per heavy atom. The van der Waals surface area contributed by atoms with Gasteiger partial charge in [0.05, 0.1) is 5.69 Å². The first kappa shape index (κ1) is 14.5. The lowest BCUT2D eigenvalue weighted by Gasteiger charge is -2.18. The number of halogens is 1. The Morgan fingerprint density at radius 1 is 1.41 bits per heavy atom. The van der Waals surface area contributed by atoms with Crippen molar-refractivity contribution >= 4 is 11.6 Å². The van der Waals surface area contributed by atoms with Crippen LogP contribution in [-0.2, 0) is 13.5 Å². The summed E-state index contributed by atoms with van der Waals surface area (Å²) < 4.78 is 1.75. The van der Waals surface area contributed by atoms with Gasteiger partial charge in [-0.05, 0) is 39.2 Å². The summed E-state index contributed by atoms with van der Waals surface area (Å²) in [6.07, 6.45) is 3.31. The first-order valence-electron chi connectivity index (χ1n) is 6.31. The van der Waals surface area contributed by atoms with Crippen molar-refractivity contribution in [2.75, 3.05) is 7.05 Å². The van der Waals surface area contributed by atoms with Crippen LogP contribution in [0.15, 0.2) is 0 Å². The Bertz CT molecular complexity index is 358. The quantitative estimate of drug-likeness (QED) is 0.849. The highest BCUT2D eigenvalue weighted by Gasteiger charge is 2.14. The smallest absolute Gasteiger partial charge is 0.130 e. The van der Waals surface area contributed by atoms with Crippen LogP contribution >= 0.6 is 11.6 Å². The fourth-order valence-electron chi connectivity index (χ4n) is 2.23. The van der Waals surface area contributed by atoms with Gasteiger partial charge in [-0.25, -0.2) is 0 Å². The van der Waals surface area contributed by atoms with Crippen molar-refractivity contribution in [3.63, 3.8) is 0 Å². The molecule has 0 fully saturated rings. The molecular formula is C13H24ClN3. The molecular weight excluding hydrogens is 234 g/mol. The fraction of sp³-hybridized carbons (Fsp3) is 0.769. The molecule has 1 aromatic heterocycles. The molecule has 0 aliphatic carbocycles. The van der Waals surface area contributed by atoms with Crippen molar-refractivity contribution in [3.05, 3.63) is 16.4 Å². The predicted molar refractivity (Wildman–Crippen MR) is 73.6 cm³/mol. The van der Waals surface area contributed by atoms with Crippen LogP contribution in [0.4, 0.5) is 0 Å². The minimum Gasteiger partial charge on any atom is -0.317 e. The van der Waals surface area contributed by atoms with Crippen molar-refractivity contribution in [2.24, 2.45) is 13.0 Å². The third kappa shape index (κ3) is 4.00. The highest BCUT2D eigenvalue weighted by molar-refractivity contribution is 6.30. The third-order valence-electron chi connectivity index (χ3n) is 3.18. The molecule has 1 atom stereocenters. The van der Waals surface area contributed by atoms with Crippen molar-refractivity contribution in [2.45, 2.75) is 46.1 Å². The summed E-state index contributed by atoms with van der Waals surface area (Å²) in [5.74, 6) is 0.720.